The molecule has 2 rings (SSSR count). The number of aryl methyl sites for hydroxylation is 1. The number of hydrogen-bond donors (Lipinski definition) is 2. The highest BCUT2D eigenvalue weighted by atomic mass is 32.2. The average molecular weight is 348 g/mol. The molecule has 0 aliphatic carbocycles. The van der Waals surface area contributed by atoms with Crippen molar-refractivity contribution >= 4 is 21.6 Å². The number of hydrogen-bond acceptors (Lipinski definition) is 4. The zero-order valence-corrected chi connectivity index (χ0v) is 14.6. The molecule has 24 heavy (non-hydrogen) atoms. The Morgan fingerprint density at radius 2 is 1.88 bits per heavy atom. The van der Waals surface area contributed by atoms with Gasteiger partial charge in [-0.2, -0.15) is 0 Å². The number of benzene rings is 2. The lowest BCUT2D eigenvalue weighted by molar-refractivity contribution is 0.0950. The molecule has 0 unspecified atom stereocenters. The quantitative estimate of drug-likeness (QED) is 0.839. The molecule has 0 atom stereocenters. The number of para-hydroxylation sites is 1. The van der Waals surface area contributed by atoms with Crippen LogP contribution in [-0.4, -0.2) is 27.7 Å². The molecular formula is C17H20N2O4S. The van der Waals surface area contributed by atoms with Gasteiger partial charge in [0.25, 0.3) is 5.91 Å². The molecule has 6 nitrogen and oxygen atoms in total. The first-order chi connectivity index (χ1) is 11.3. The molecule has 0 bridgehead atoms. The largest absolute Gasteiger partial charge is 0.496 e. The molecule has 1 amide bonds. The number of carbonyl (C=O) groups excluding carboxylic acids is 1. The highest BCUT2D eigenvalue weighted by molar-refractivity contribution is 7.92. The Hall–Kier alpha value is -2.54. The first-order valence-corrected chi connectivity index (χ1v) is 9.18. The van der Waals surface area contributed by atoms with Crippen LogP contribution < -0.4 is 14.8 Å². The molecule has 0 saturated heterocycles. The van der Waals surface area contributed by atoms with Gasteiger partial charge in [0.15, 0.2) is 0 Å². The molecule has 2 aromatic rings. The summed E-state index contributed by atoms with van der Waals surface area (Å²) in [6.45, 7) is 2.08. The summed E-state index contributed by atoms with van der Waals surface area (Å²) in [6.07, 6.45) is 1.08. The summed E-state index contributed by atoms with van der Waals surface area (Å²) in [4.78, 5) is 12.3. The van der Waals surface area contributed by atoms with Crippen LogP contribution in [0.2, 0.25) is 0 Å². The predicted octanol–water partition coefficient (Wildman–Crippen LogP) is 2.31. The lowest BCUT2D eigenvalue weighted by Crippen LogP contribution is -2.23. The van der Waals surface area contributed by atoms with Crippen molar-refractivity contribution in [1.82, 2.24) is 5.32 Å². The number of rotatable bonds is 6. The lowest BCUT2D eigenvalue weighted by atomic mass is 10.1. The van der Waals surface area contributed by atoms with Gasteiger partial charge in [-0.05, 0) is 36.8 Å². The van der Waals surface area contributed by atoms with Crippen LogP contribution in [0.5, 0.6) is 5.75 Å². The van der Waals surface area contributed by atoms with Crippen molar-refractivity contribution in [2.75, 3.05) is 18.1 Å². The average Bonchev–Trinajstić information content (AvgIpc) is 2.53. The molecule has 2 aromatic carbocycles. The van der Waals surface area contributed by atoms with Crippen molar-refractivity contribution in [3.63, 3.8) is 0 Å². The Kier molecular flexibility index (Phi) is 5.46. The maximum atomic E-state index is 12.3. The number of nitrogens with one attached hydrogen (secondary N) is 2. The van der Waals surface area contributed by atoms with E-state index in [0.29, 0.717) is 29.1 Å². The molecule has 0 radical (unpaired) electrons. The third-order valence-electron chi connectivity index (χ3n) is 3.42. The Balaban J connectivity index is 2.09. The minimum Gasteiger partial charge on any atom is -0.496 e. The smallest absolute Gasteiger partial charge is 0.251 e. The van der Waals surface area contributed by atoms with E-state index in [1.807, 2.05) is 24.3 Å². The van der Waals surface area contributed by atoms with Gasteiger partial charge in [-0.15, -0.1) is 0 Å². The van der Waals surface area contributed by atoms with Gasteiger partial charge in [0.2, 0.25) is 10.0 Å². The molecule has 0 heterocycles. The molecule has 0 aliphatic rings. The van der Waals surface area contributed by atoms with Crippen molar-refractivity contribution in [2.45, 2.75) is 13.5 Å². The fourth-order valence-electron chi connectivity index (χ4n) is 2.25. The van der Waals surface area contributed by atoms with Crippen molar-refractivity contribution in [1.29, 1.82) is 0 Å². The van der Waals surface area contributed by atoms with Crippen molar-refractivity contribution < 1.29 is 17.9 Å². The van der Waals surface area contributed by atoms with Crippen LogP contribution in [-0.2, 0) is 16.6 Å². The summed E-state index contributed by atoms with van der Waals surface area (Å²) in [7, 11) is -1.77. The van der Waals surface area contributed by atoms with Gasteiger partial charge < -0.3 is 10.1 Å². The first-order valence-electron chi connectivity index (χ1n) is 7.28. The molecule has 0 aliphatic heterocycles. The molecule has 0 aromatic heterocycles. The highest BCUT2D eigenvalue weighted by Gasteiger charge is 2.11. The van der Waals surface area contributed by atoms with E-state index in [1.165, 1.54) is 0 Å². The van der Waals surface area contributed by atoms with Crippen LogP contribution in [0.25, 0.3) is 0 Å². The Bertz CT molecular complexity index is 847. The number of sulfonamides is 1. The molecule has 0 saturated carbocycles. The molecule has 0 fully saturated rings. The summed E-state index contributed by atoms with van der Waals surface area (Å²) in [5.74, 6) is 0.469. The Morgan fingerprint density at radius 3 is 2.50 bits per heavy atom. The third-order valence-corrected chi connectivity index (χ3v) is 4.01. The second-order valence-electron chi connectivity index (χ2n) is 5.40. The summed E-state index contributed by atoms with van der Waals surface area (Å²) < 4.78 is 30.2. The van der Waals surface area contributed by atoms with Gasteiger partial charge in [-0.1, -0.05) is 18.2 Å². The van der Waals surface area contributed by atoms with Gasteiger partial charge in [-0.25, -0.2) is 8.42 Å². The topological polar surface area (TPSA) is 84.5 Å². The summed E-state index contributed by atoms with van der Waals surface area (Å²) in [6, 6.07) is 12.2. The van der Waals surface area contributed by atoms with Crippen LogP contribution in [0.15, 0.2) is 42.5 Å². The SMILES string of the molecule is COc1ccccc1CNC(=O)c1ccc(NS(C)(=O)=O)c(C)c1. The van der Waals surface area contributed by atoms with Crippen LogP contribution in [0.1, 0.15) is 21.5 Å². The van der Waals surface area contributed by atoms with E-state index >= 15 is 0 Å². The van der Waals surface area contributed by atoms with Gasteiger partial charge in [0.05, 0.1) is 19.1 Å². The van der Waals surface area contributed by atoms with E-state index in [9.17, 15) is 13.2 Å². The summed E-state index contributed by atoms with van der Waals surface area (Å²) in [5.41, 5.74) is 2.46. The van der Waals surface area contributed by atoms with Gasteiger partial charge in [-0.3, -0.25) is 9.52 Å². The number of carbonyl (C=O) groups is 1. The van der Waals surface area contributed by atoms with Crippen LogP contribution in [0, 0.1) is 6.92 Å². The van der Waals surface area contributed by atoms with Gasteiger partial charge >= 0.3 is 0 Å². The van der Waals surface area contributed by atoms with Gasteiger partial charge in [0, 0.05) is 17.7 Å². The lowest BCUT2D eigenvalue weighted by Gasteiger charge is -2.11. The minimum atomic E-state index is -3.35. The Morgan fingerprint density at radius 1 is 1.17 bits per heavy atom. The fraction of sp³-hybridized carbons (Fsp3) is 0.235. The molecule has 2 N–H and O–H groups in total. The first kappa shape index (κ1) is 17.8. The van der Waals surface area contributed by atoms with Gasteiger partial charge in [0.1, 0.15) is 5.75 Å². The fourth-order valence-corrected chi connectivity index (χ4v) is 2.87. The zero-order valence-electron chi connectivity index (χ0n) is 13.8. The molecule has 128 valence electrons. The van der Waals surface area contributed by atoms with Crippen LogP contribution in [0.3, 0.4) is 0 Å². The van der Waals surface area contributed by atoms with E-state index < -0.39 is 10.0 Å². The molecule has 0 spiro atoms. The van der Waals surface area contributed by atoms with E-state index in [1.54, 1.807) is 32.2 Å². The zero-order chi connectivity index (χ0) is 17.7. The number of ether oxygens (including phenoxy) is 1. The third kappa shape index (κ3) is 4.73. The second kappa shape index (κ2) is 7.35. The highest BCUT2D eigenvalue weighted by Crippen LogP contribution is 2.19. The monoisotopic (exact) mass is 348 g/mol. The van der Waals surface area contributed by atoms with Crippen molar-refractivity contribution in [2.24, 2.45) is 0 Å². The van der Waals surface area contributed by atoms with E-state index in [2.05, 4.69) is 10.0 Å². The number of amides is 1. The minimum absolute atomic E-state index is 0.241. The standard InChI is InChI=1S/C17H20N2O4S/c1-12-10-13(8-9-15(12)19-24(3,21)22)17(20)18-11-14-6-4-5-7-16(14)23-2/h4-10,19H,11H2,1-3H3,(H,18,20). The summed E-state index contributed by atoms with van der Waals surface area (Å²) >= 11 is 0. The van der Waals surface area contributed by atoms with E-state index in [4.69, 9.17) is 4.74 Å². The second-order valence-corrected chi connectivity index (χ2v) is 7.15. The van der Waals surface area contributed by atoms with Crippen molar-refractivity contribution in [3.05, 3.63) is 59.2 Å². The van der Waals surface area contributed by atoms with E-state index in [-0.39, 0.29) is 5.91 Å². The summed E-state index contributed by atoms with van der Waals surface area (Å²) in [5, 5.41) is 2.83. The normalized spacial score (nSPS) is 11.0. The molecular weight excluding hydrogens is 328 g/mol. The number of methoxy groups -OCH3 is 1. The Labute approximate surface area is 141 Å². The van der Waals surface area contributed by atoms with Crippen LogP contribution in [0.4, 0.5) is 5.69 Å². The maximum absolute atomic E-state index is 12.3. The van der Waals surface area contributed by atoms with Crippen LogP contribution >= 0.6 is 0 Å². The number of anilines is 1. The van der Waals surface area contributed by atoms with Crippen molar-refractivity contribution in [3.8, 4) is 5.75 Å². The maximum Gasteiger partial charge on any atom is 0.251 e. The molecule has 7 heteroatoms. The van der Waals surface area contributed by atoms with E-state index in [0.717, 1.165) is 11.8 Å². The predicted molar refractivity (Wildman–Crippen MR) is 93.8 cm³/mol.